The number of para-hydroxylation sites is 1. The molecule has 0 amide bonds. The van der Waals surface area contributed by atoms with Gasteiger partial charge < -0.3 is 9.72 Å². The van der Waals surface area contributed by atoms with Gasteiger partial charge in [0.1, 0.15) is 0 Å². The minimum atomic E-state index is -0.226. The molecule has 1 aromatic heterocycles. The van der Waals surface area contributed by atoms with Gasteiger partial charge in [0.2, 0.25) is 0 Å². The minimum absolute atomic E-state index is 0.226. The fourth-order valence-electron chi connectivity index (χ4n) is 1.55. The Bertz CT molecular complexity index is 504. The maximum Gasteiger partial charge on any atom is 0.310 e. The van der Waals surface area contributed by atoms with E-state index in [9.17, 15) is 4.79 Å². The fourth-order valence-corrected chi connectivity index (χ4v) is 2.03. The van der Waals surface area contributed by atoms with Crippen molar-refractivity contribution in [2.24, 2.45) is 0 Å². The normalized spacial score (nSPS) is 10.5. The highest BCUT2D eigenvalue weighted by Gasteiger charge is 2.09. The lowest BCUT2D eigenvalue weighted by Gasteiger charge is -1.98. The van der Waals surface area contributed by atoms with E-state index < -0.39 is 0 Å². The van der Waals surface area contributed by atoms with Crippen molar-refractivity contribution in [1.29, 1.82) is 0 Å². The van der Waals surface area contributed by atoms with E-state index in [1.54, 1.807) is 0 Å². The maximum absolute atomic E-state index is 11.2. The average molecular weight is 268 g/mol. The number of methoxy groups -OCH3 is 1. The highest BCUT2D eigenvalue weighted by molar-refractivity contribution is 9.10. The molecule has 0 spiro atoms. The molecule has 2 rings (SSSR count). The number of nitrogens with one attached hydrogen (secondary N) is 1. The molecule has 0 radical (unpaired) electrons. The Balaban J connectivity index is 2.45. The summed E-state index contributed by atoms with van der Waals surface area (Å²) in [5.74, 6) is -0.226. The van der Waals surface area contributed by atoms with Crippen LogP contribution in [0.3, 0.4) is 0 Å². The van der Waals surface area contributed by atoms with Gasteiger partial charge in [0, 0.05) is 16.1 Å². The summed E-state index contributed by atoms with van der Waals surface area (Å²) >= 11 is 3.45. The van der Waals surface area contributed by atoms with Gasteiger partial charge in [0.05, 0.1) is 19.0 Å². The molecule has 15 heavy (non-hydrogen) atoms. The Morgan fingerprint density at radius 3 is 3.07 bits per heavy atom. The molecular formula is C11H10BrNO2. The molecule has 0 saturated heterocycles. The first-order chi connectivity index (χ1) is 7.22. The van der Waals surface area contributed by atoms with Crippen LogP contribution in [-0.2, 0) is 16.0 Å². The van der Waals surface area contributed by atoms with Crippen molar-refractivity contribution < 1.29 is 9.53 Å². The van der Waals surface area contributed by atoms with Gasteiger partial charge >= 0.3 is 5.97 Å². The highest BCUT2D eigenvalue weighted by atomic mass is 79.9. The number of rotatable bonds is 2. The van der Waals surface area contributed by atoms with Gasteiger partial charge in [-0.3, -0.25) is 4.79 Å². The number of ether oxygens (including phenoxy) is 1. The van der Waals surface area contributed by atoms with E-state index in [-0.39, 0.29) is 5.97 Å². The Kier molecular flexibility index (Phi) is 2.77. The Morgan fingerprint density at radius 2 is 2.33 bits per heavy atom. The van der Waals surface area contributed by atoms with Crippen molar-refractivity contribution in [2.75, 3.05) is 7.11 Å². The van der Waals surface area contributed by atoms with Crippen LogP contribution in [0.15, 0.2) is 28.9 Å². The fraction of sp³-hybridized carbons (Fsp3) is 0.182. The quantitative estimate of drug-likeness (QED) is 0.851. The van der Waals surface area contributed by atoms with Gasteiger partial charge in [-0.1, -0.05) is 12.1 Å². The standard InChI is InChI=1S/C11H10BrNO2/c1-15-10(14)5-7-6-13-11-8(7)3-2-4-9(11)12/h2-4,6,13H,5H2,1H3. The zero-order chi connectivity index (χ0) is 10.8. The summed E-state index contributed by atoms with van der Waals surface area (Å²) in [4.78, 5) is 14.3. The number of aromatic amines is 1. The van der Waals surface area contributed by atoms with Crippen LogP contribution in [0.2, 0.25) is 0 Å². The number of aromatic nitrogens is 1. The minimum Gasteiger partial charge on any atom is -0.469 e. The number of carbonyl (C=O) groups is 1. The summed E-state index contributed by atoms with van der Waals surface area (Å²) in [7, 11) is 1.40. The van der Waals surface area contributed by atoms with Gasteiger partial charge in [-0.05, 0) is 27.6 Å². The third kappa shape index (κ3) is 1.90. The third-order valence-electron chi connectivity index (χ3n) is 2.31. The van der Waals surface area contributed by atoms with Gasteiger partial charge in [-0.25, -0.2) is 0 Å². The van der Waals surface area contributed by atoms with Crippen LogP contribution >= 0.6 is 15.9 Å². The first-order valence-corrected chi connectivity index (χ1v) is 5.33. The van der Waals surface area contributed by atoms with Crippen molar-refractivity contribution in [2.45, 2.75) is 6.42 Å². The van der Waals surface area contributed by atoms with Crippen LogP contribution in [-0.4, -0.2) is 18.1 Å². The van der Waals surface area contributed by atoms with E-state index in [1.165, 1.54) is 7.11 Å². The van der Waals surface area contributed by atoms with Crippen LogP contribution in [0, 0.1) is 0 Å². The van der Waals surface area contributed by atoms with E-state index in [0.717, 1.165) is 20.9 Å². The van der Waals surface area contributed by atoms with Crippen LogP contribution in [0.1, 0.15) is 5.56 Å². The second-order valence-electron chi connectivity index (χ2n) is 3.23. The SMILES string of the molecule is COC(=O)Cc1c[nH]c2c(Br)cccc12. The van der Waals surface area contributed by atoms with Crippen molar-refractivity contribution in [3.63, 3.8) is 0 Å². The number of hydrogen-bond acceptors (Lipinski definition) is 2. The van der Waals surface area contributed by atoms with E-state index in [2.05, 4.69) is 25.7 Å². The maximum atomic E-state index is 11.2. The Morgan fingerprint density at radius 1 is 1.53 bits per heavy atom. The second-order valence-corrected chi connectivity index (χ2v) is 4.08. The molecule has 0 saturated carbocycles. The number of carbonyl (C=O) groups excluding carboxylic acids is 1. The van der Waals surface area contributed by atoms with Crippen molar-refractivity contribution in [3.8, 4) is 0 Å². The predicted molar refractivity (Wildman–Crippen MR) is 61.7 cm³/mol. The molecular weight excluding hydrogens is 258 g/mol. The lowest BCUT2D eigenvalue weighted by atomic mass is 10.1. The number of halogens is 1. The molecule has 0 aliphatic rings. The van der Waals surface area contributed by atoms with Gasteiger partial charge in [-0.15, -0.1) is 0 Å². The number of H-pyrrole nitrogens is 1. The topological polar surface area (TPSA) is 42.1 Å². The summed E-state index contributed by atoms with van der Waals surface area (Å²) in [6, 6.07) is 5.89. The van der Waals surface area contributed by atoms with Gasteiger partial charge in [0.25, 0.3) is 0 Å². The third-order valence-corrected chi connectivity index (χ3v) is 2.97. The molecule has 0 aliphatic heterocycles. The van der Waals surface area contributed by atoms with Gasteiger partial charge in [-0.2, -0.15) is 0 Å². The molecule has 0 atom stereocenters. The predicted octanol–water partition coefficient (Wildman–Crippen LogP) is 2.65. The molecule has 78 valence electrons. The second kappa shape index (κ2) is 4.06. The van der Waals surface area contributed by atoms with Crippen LogP contribution < -0.4 is 0 Å². The monoisotopic (exact) mass is 267 g/mol. The van der Waals surface area contributed by atoms with E-state index in [1.807, 2.05) is 24.4 Å². The lowest BCUT2D eigenvalue weighted by Crippen LogP contribution is -2.03. The van der Waals surface area contributed by atoms with E-state index in [4.69, 9.17) is 0 Å². The first kappa shape index (κ1) is 10.2. The summed E-state index contributed by atoms with van der Waals surface area (Å²) in [5.41, 5.74) is 1.97. The summed E-state index contributed by atoms with van der Waals surface area (Å²) in [6.07, 6.45) is 2.14. The van der Waals surface area contributed by atoms with Gasteiger partial charge in [0.15, 0.2) is 0 Å². The summed E-state index contributed by atoms with van der Waals surface area (Å²) < 4.78 is 5.63. The average Bonchev–Trinajstić information content (AvgIpc) is 2.63. The zero-order valence-corrected chi connectivity index (χ0v) is 9.80. The molecule has 0 unspecified atom stereocenters. The number of esters is 1. The molecule has 4 heteroatoms. The molecule has 0 bridgehead atoms. The number of benzene rings is 1. The Labute approximate surface area is 95.6 Å². The largest absolute Gasteiger partial charge is 0.469 e. The highest BCUT2D eigenvalue weighted by Crippen LogP contribution is 2.25. The van der Waals surface area contributed by atoms with Crippen molar-refractivity contribution in [3.05, 3.63) is 34.4 Å². The van der Waals surface area contributed by atoms with Crippen molar-refractivity contribution in [1.82, 2.24) is 4.98 Å². The lowest BCUT2D eigenvalue weighted by molar-refractivity contribution is -0.139. The van der Waals surface area contributed by atoms with Crippen LogP contribution in [0.25, 0.3) is 10.9 Å². The molecule has 3 nitrogen and oxygen atoms in total. The molecule has 1 aromatic carbocycles. The zero-order valence-electron chi connectivity index (χ0n) is 8.21. The molecule has 1 heterocycles. The molecule has 1 N–H and O–H groups in total. The first-order valence-electron chi connectivity index (χ1n) is 4.53. The Hall–Kier alpha value is -1.29. The van der Waals surface area contributed by atoms with E-state index >= 15 is 0 Å². The van der Waals surface area contributed by atoms with Crippen molar-refractivity contribution >= 4 is 32.8 Å². The molecule has 0 aliphatic carbocycles. The summed E-state index contributed by atoms with van der Waals surface area (Å²) in [6.45, 7) is 0. The number of fused-ring (bicyclic) bond motifs is 1. The van der Waals surface area contributed by atoms with E-state index in [0.29, 0.717) is 6.42 Å². The number of hydrogen-bond donors (Lipinski definition) is 1. The summed E-state index contributed by atoms with van der Waals surface area (Å²) in [5, 5.41) is 1.05. The van der Waals surface area contributed by atoms with Crippen LogP contribution in [0.4, 0.5) is 0 Å². The smallest absolute Gasteiger partial charge is 0.310 e. The molecule has 2 aromatic rings. The molecule has 0 fully saturated rings. The van der Waals surface area contributed by atoms with Crippen LogP contribution in [0.5, 0.6) is 0 Å².